The van der Waals surface area contributed by atoms with Crippen molar-refractivity contribution in [3.63, 3.8) is 0 Å². The summed E-state index contributed by atoms with van der Waals surface area (Å²) in [5.41, 5.74) is 16.4. The standard InChI is InChI=1S/C59H54N3O.Pt/c1-38(2)51-37-46(29-30-48(51)49-19-12-14-22-52(49)59(6,7)8)62-54-23-16-21-47(56(54)61-57(62)50-20-13-15-24-55(50)63)43-33-44(35-45(34-43)58(3,4)5)53-36-42(31-32-60-53)41-27-25-40(26-28-41)39-17-10-9-11-18-39;/h9-32,34-38,63H,1-8H3;/q-1;/i38D;. The Morgan fingerprint density at radius 2 is 1.20 bits per heavy atom. The minimum atomic E-state index is -0.928. The fraction of sp³-hybridized carbons (Fsp3) is 0.186. The average Bonchev–Trinajstić information content (AvgIpc) is 3.68. The molecule has 0 amide bonds. The molecule has 0 fully saturated rings. The van der Waals surface area contributed by atoms with E-state index in [4.69, 9.17) is 9.97 Å². The minimum Gasteiger partial charge on any atom is -0.507 e. The summed E-state index contributed by atoms with van der Waals surface area (Å²) in [6.07, 6.45) is 1.88. The molecule has 0 aliphatic carbocycles. The Balaban J connectivity index is 0.00000576. The maximum absolute atomic E-state index is 11.4. The SMILES string of the molecule is [2H]C(C)(C)c1cc(-n2c(-c3ccccc3O)nc3c(-c4[c-]c(-c5cc(-c6ccc(-c7ccccc7)cc6)ccn5)cc(C(C)(C)C)c4)cccc32)ccc1-c1ccccc1C(C)(C)C.[Pt]. The van der Waals surface area contributed by atoms with Crippen LogP contribution in [0.15, 0.2) is 170 Å². The number of phenolic OH excluding ortho intramolecular Hbond substituents is 1. The predicted molar refractivity (Wildman–Crippen MR) is 263 cm³/mol. The van der Waals surface area contributed by atoms with Gasteiger partial charge in [0.2, 0.25) is 0 Å². The summed E-state index contributed by atoms with van der Waals surface area (Å²) < 4.78 is 11.6. The number of imidazole rings is 1. The van der Waals surface area contributed by atoms with E-state index in [1.54, 1.807) is 6.07 Å². The Bertz CT molecular complexity index is 3170. The minimum absolute atomic E-state index is 0. The largest absolute Gasteiger partial charge is 0.507 e. The first-order valence-corrected chi connectivity index (χ1v) is 21.8. The molecule has 0 unspecified atom stereocenters. The molecule has 1 N–H and O–H groups in total. The molecule has 0 bridgehead atoms. The second-order valence-corrected chi connectivity index (χ2v) is 18.8. The monoisotopic (exact) mass is 1020 g/mol. The Labute approximate surface area is 394 Å². The van der Waals surface area contributed by atoms with Gasteiger partial charge in [-0.15, -0.1) is 29.3 Å². The van der Waals surface area contributed by atoms with Crippen LogP contribution in [0.25, 0.3) is 83.9 Å². The Morgan fingerprint density at radius 3 is 1.89 bits per heavy atom. The van der Waals surface area contributed by atoms with Gasteiger partial charge in [0.05, 0.1) is 16.6 Å². The van der Waals surface area contributed by atoms with Gasteiger partial charge in [-0.2, -0.15) is 0 Å². The Morgan fingerprint density at radius 1 is 0.578 bits per heavy atom. The van der Waals surface area contributed by atoms with E-state index in [1.807, 2.05) is 44.3 Å². The molecular formula is C59H54N3OPt-. The third kappa shape index (κ3) is 8.65. The molecule has 322 valence electrons. The first kappa shape index (κ1) is 42.9. The van der Waals surface area contributed by atoms with Crippen molar-refractivity contribution in [3.05, 3.63) is 193 Å². The fourth-order valence-electron chi connectivity index (χ4n) is 8.64. The molecule has 64 heavy (non-hydrogen) atoms. The number of phenols is 1. The van der Waals surface area contributed by atoms with Crippen LogP contribution in [-0.4, -0.2) is 19.6 Å². The van der Waals surface area contributed by atoms with Crippen molar-refractivity contribution in [1.29, 1.82) is 0 Å². The number of rotatable bonds is 8. The van der Waals surface area contributed by atoms with Crippen LogP contribution in [0, 0.1) is 6.07 Å². The van der Waals surface area contributed by atoms with Crippen LogP contribution in [0.1, 0.15) is 79.3 Å². The van der Waals surface area contributed by atoms with Crippen molar-refractivity contribution in [3.8, 4) is 78.6 Å². The molecule has 9 rings (SSSR count). The number of pyridine rings is 1. The predicted octanol–water partition coefficient (Wildman–Crippen LogP) is 15.6. The maximum Gasteiger partial charge on any atom is 0.148 e. The number of nitrogens with zero attached hydrogens (tertiary/aromatic N) is 3. The second kappa shape index (κ2) is 17.7. The zero-order chi connectivity index (χ0) is 45.0. The van der Waals surface area contributed by atoms with Crippen LogP contribution in [0.5, 0.6) is 5.75 Å². The number of para-hydroxylation sites is 2. The second-order valence-electron chi connectivity index (χ2n) is 18.8. The number of aromatic nitrogens is 3. The molecule has 0 aliphatic rings. The molecule has 7 aromatic carbocycles. The first-order valence-electron chi connectivity index (χ1n) is 22.3. The van der Waals surface area contributed by atoms with Gasteiger partial charge in [0.25, 0.3) is 0 Å². The normalized spacial score (nSPS) is 12.2. The first-order chi connectivity index (χ1) is 30.5. The number of aromatic hydroxyl groups is 1. The number of benzene rings is 7. The molecule has 0 spiro atoms. The van der Waals surface area contributed by atoms with Crippen molar-refractivity contribution >= 4 is 11.0 Å². The van der Waals surface area contributed by atoms with E-state index in [2.05, 4.69) is 186 Å². The van der Waals surface area contributed by atoms with E-state index in [1.165, 1.54) is 16.7 Å². The van der Waals surface area contributed by atoms with Crippen molar-refractivity contribution < 1.29 is 27.5 Å². The van der Waals surface area contributed by atoms with E-state index in [0.717, 1.165) is 72.5 Å². The molecule has 0 aliphatic heterocycles. The third-order valence-electron chi connectivity index (χ3n) is 12.0. The Hall–Kier alpha value is -6.35. The van der Waals surface area contributed by atoms with Crippen molar-refractivity contribution in [2.24, 2.45) is 0 Å². The summed E-state index contributed by atoms with van der Waals surface area (Å²) in [4.78, 5) is 10.3. The quantitative estimate of drug-likeness (QED) is 0.154. The molecule has 0 saturated carbocycles. The van der Waals surface area contributed by atoms with Crippen molar-refractivity contribution in [1.82, 2.24) is 14.5 Å². The van der Waals surface area contributed by atoms with E-state index in [9.17, 15) is 6.48 Å². The smallest absolute Gasteiger partial charge is 0.148 e. The molecule has 5 heteroatoms. The van der Waals surface area contributed by atoms with Gasteiger partial charge in [-0.25, -0.2) is 4.98 Å². The van der Waals surface area contributed by atoms with Crippen LogP contribution in [0.2, 0.25) is 0 Å². The third-order valence-corrected chi connectivity index (χ3v) is 12.0. The molecular weight excluding hydrogens is 962 g/mol. The number of hydrogen-bond acceptors (Lipinski definition) is 3. The van der Waals surface area contributed by atoms with Gasteiger partial charge in [-0.1, -0.05) is 182 Å². The summed E-state index contributed by atoms with van der Waals surface area (Å²) in [7, 11) is 0. The average molecular weight is 1020 g/mol. The van der Waals surface area contributed by atoms with E-state index in [0.29, 0.717) is 11.4 Å². The summed E-state index contributed by atoms with van der Waals surface area (Å²) >= 11 is 0. The van der Waals surface area contributed by atoms with Crippen LogP contribution in [0.3, 0.4) is 0 Å². The molecule has 9 aromatic rings. The van der Waals surface area contributed by atoms with Gasteiger partial charge >= 0.3 is 0 Å². The van der Waals surface area contributed by atoms with E-state index in [-0.39, 0.29) is 37.6 Å². The van der Waals surface area contributed by atoms with Gasteiger partial charge in [0.15, 0.2) is 0 Å². The van der Waals surface area contributed by atoms with Crippen molar-refractivity contribution in [2.45, 2.75) is 72.1 Å². The van der Waals surface area contributed by atoms with Crippen LogP contribution < -0.4 is 0 Å². The zero-order valence-electron chi connectivity index (χ0n) is 38.8. The topological polar surface area (TPSA) is 50.9 Å². The fourth-order valence-corrected chi connectivity index (χ4v) is 8.64. The number of hydrogen-bond donors (Lipinski definition) is 1. The van der Waals surface area contributed by atoms with Gasteiger partial charge in [-0.05, 0) is 97.6 Å². The molecule has 0 saturated heterocycles. The van der Waals surface area contributed by atoms with Crippen molar-refractivity contribution in [2.75, 3.05) is 0 Å². The van der Waals surface area contributed by atoms with Gasteiger partial charge < -0.3 is 5.11 Å². The van der Waals surface area contributed by atoms with E-state index < -0.39 is 5.89 Å². The zero-order valence-corrected chi connectivity index (χ0v) is 40.0. The molecule has 0 atom stereocenters. The summed E-state index contributed by atoms with van der Waals surface area (Å²) in [6.45, 7) is 17.3. The number of fused-ring (bicyclic) bond motifs is 1. The van der Waals surface area contributed by atoms with Gasteiger partial charge in [0.1, 0.15) is 11.6 Å². The van der Waals surface area contributed by atoms with Crippen LogP contribution >= 0.6 is 0 Å². The molecule has 4 nitrogen and oxygen atoms in total. The summed E-state index contributed by atoms with van der Waals surface area (Å²) in [5, 5.41) is 11.4. The van der Waals surface area contributed by atoms with Crippen LogP contribution in [-0.2, 0) is 31.9 Å². The van der Waals surface area contributed by atoms with Gasteiger partial charge in [0, 0.05) is 40.0 Å². The molecule has 2 heterocycles. The van der Waals surface area contributed by atoms with Gasteiger partial charge in [-0.3, -0.25) is 9.55 Å². The molecule has 0 radical (unpaired) electrons. The summed E-state index contributed by atoms with van der Waals surface area (Å²) in [6, 6.07) is 60.2. The van der Waals surface area contributed by atoms with E-state index >= 15 is 0 Å². The summed E-state index contributed by atoms with van der Waals surface area (Å²) in [5.74, 6) is -0.179. The van der Waals surface area contributed by atoms with Crippen LogP contribution in [0.4, 0.5) is 0 Å². The molecule has 2 aromatic heterocycles. The maximum atomic E-state index is 11.4. The Kier molecular flexibility index (Phi) is 11.8.